The predicted octanol–water partition coefficient (Wildman–Crippen LogP) is 2.58. The minimum absolute atomic E-state index is 0.456. The van der Waals surface area contributed by atoms with Crippen molar-refractivity contribution in [2.45, 2.75) is 51.4 Å². The van der Waals surface area contributed by atoms with E-state index in [0.29, 0.717) is 12.1 Å². The zero-order valence-corrected chi connectivity index (χ0v) is 10.6. The molecule has 3 nitrogen and oxygen atoms in total. The van der Waals surface area contributed by atoms with Gasteiger partial charge in [0.2, 0.25) is 0 Å². The Morgan fingerprint density at radius 1 is 1.44 bits per heavy atom. The Hall–Kier alpha value is -0.450. The Balaban J connectivity index is 1.65. The van der Waals surface area contributed by atoms with Gasteiger partial charge < -0.3 is 10.1 Å². The van der Waals surface area contributed by atoms with Crippen molar-refractivity contribution >= 4 is 11.3 Å². The number of nitrogens with one attached hydrogen (secondary N) is 1. The standard InChI is InChI=1S/C12H20N2OS/c1-2-14-10-3-5-11(6-4-10)15-8-12-7-13-9-16-12/h7,9-11,14H,2-6,8H2,1H3. The summed E-state index contributed by atoms with van der Waals surface area (Å²) in [5.41, 5.74) is 1.86. The molecule has 1 aromatic rings. The highest BCUT2D eigenvalue weighted by Crippen LogP contribution is 2.22. The smallest absolute Gasteiger partial charge is 0.0829 e. The summed E-state index contributed by atoms with van der Waals surface area (Å²) in [5, 5.41) is 3.51. The maximum atomic E-state index is 5.90. The van der Waals surface area contributed by atoms with E-state index in [0.717, 1.165) is 13.2 Å². The zero-order chi connectivity index (χ0) is 11.2. The van der Waals surface area contributed by atoms with Crippen molar-refractivity contribution in [1.29, 1.82) is 0 Å². The summed E-state index contributed by atoms with van der Waals surface area (Å²) in [6.45, 7) is 3.99. The van der Waals surface area contributed by atoms with Crippen molar-refractivity contribution in [2.24, 2.45) is 0 Å². The van der Waals surface area contributed by atoms with E-state index in [9.17, 15) is 0 Å². The van der Waals surface area contributed by atoms with E-state index in [-0.39, 0.29) is 0 Å². The number of thiazole rings is 1. The van der Waals surface area contributed by atoms with Crippen molar-refractivity contribution in [3.63, 3.8) is 0 Å². The first kappa shape index (κ1) is 12.0. The van der Waals surface area contributed by atoms with Gasteiger partial charge in [0.05, 0.1) is 23.1 Å². The Labute approximate surface area is 101 Å². The minimum atomic E-state index is 0.456. The number of hydrogen-bond acceptors (Lipinski definition) is 4. The van der Waals surface area contributed by atoms with Crippen LogP contribution in [0.3, 0.4) is 0 Å². The van der Waals surface area contributed by atoms with Gasteiger partial charge in [-0.2, -0.15) is 0 Å². The van der Waals surface area contributed by atoms with Gasteiger partial charge in [-0.1, -0.05) is 6.92 Å². The molecule has 1 aliphatic carbocycles. The van der Waals surface area contributed by atoms with Crippen LogP contribution < -0.4 is 5.32 Å². The van der Waals surface area contributed by atoms with Crippen LogP contribution in [-0.2, 0) is 11.3 Å². The minimum Gasteiger partial charge on any atom is -0.373 e. The highest BCUT2D eigenvalue weighted by molar-refractivity contribution is 7.09. The number of aromatic nitrogens is 1. The third-order valence-electron chi connectivity index (χ3n) is 3.11. The van der Waals surface area contributed by atoms with Gasteiger partial charge in [-0.05, 0) is 32.2 Å². The summed E-state index contributed by atoms with van der Waals surface area (Å²) in [6, 6.07) is 0.716. The van der Waals surface area contributed by atoms with Gasteiger partial charge in [0.25, 0.3) is 0 Å². The maximum absolute atomic E-state index is 5.90. The zero-order valence-electron chi connectivity index (χ0n) is 9.82. The molecule has 0 unspecified atom stereocenters. The molecule has 0 aromatic carbocycles. The molecule has 2 rings (SSSR count). The molecule has 0 atom stereocenters. The highest BCUT2D eigenvalue weighted by atomic mass is 32.1. The van der Waals surface area contributed by atoms with Gasteiger partial charge in [-0.25, -0.2) is 0 Å². The SMILES string of the molecule is CCNC1CCC(OCc2cncs2)CC1. The van der Waals surface area contributed by atoms with E-state index >= 15 is 0 Å². The first-order valence-corrected chi connectivity index (χ1v) is 6.98. The van der Waals surface area contributed by atoms with Crippen molar-refractivity contribution < 1.29 is 4.74 Å². The monoisotopic (exact) mass is 240 g/mol. The number of nitrogens with zero attached hydrogens (tertiary/aromatic N) is 1. The number of rotatable bonds is 5. The van der Waals surface area contributed by atoms with E-state index in [1.807, 2.05) is 11.7 Å². The average Bonchev–Trinajstić information content (AvgIpc) is 2.82. The molecule has 90 valence electrons. The van der Waals surface area contributed by atoms with Crippen LogP contribution in [-0.4, -0.2) is 23.7 Å². The second-order valence-corrected chi connectivity index (χ2v) is 5.28. The molecule has 0 amide bonds. The molecule has 4 heteroatoms. The van der Waals surface area contributed by atoms with Gasteiger partial charge in [0.15, 0.2) is 0 Å². The molecular weight excluding hydrogens is 220 g/mol. The molecular formula is C12H20N2OS. The van der Waals surface area contributed by atoms with Gasteiger partial charge >= 0.3 is 0 Å². The van der Waals surface area contributed by atoms with Gasteiger partial charge in [-0.15, -0.1) is 11.3 Å². The largest absolute Gasteiger partial charge is 0.373 e. The second kappa shape index (κ2) is 6.33. The van der Waals surface area contributed by atoms with Crippen molar-refractivity contribution in [3.05, 3.63) is 16.6 Å². The van der Waals surface area contributed by atoms with Crippen LogP contribution in [0.5, 0.6) is 0 Å². The molecule has 1 heterocycles. The van der Waals surface area contributed by atoms with Crippen molar-refractivity contribution in [3.8, 4) is 0 Å². The molecule has 1 saturated carbocycles. The summed E-state index contributed by atoms with van der Waals surface area (Å²) < 4.78 is 5.90. The maximum Gasteiger partial charge on any atom is 0.0829 e. The molecule has 1 aliphatic rings. The summed E-state index contributed by atoms with van der Waals surface area (Å²) >= 11 is 1.67. The summed E-state index contributed by atoms with van der Waals surface area (Å²) in [4.78, 5) is 5.28. The molecule has 1 aromatic heterocycles. The number of hydrogen-bond donors (Lipinski definition) is 1. The van der Waals surface area contributed by atoms with Crippen LogP contribution in [0.4, 0.5) is 0 Å². The van der Waals surface area contributed by atoms with E-state index in [1.54, 1.807) is 11.3 Å². The lowest BCUT2D eigenvalue weighted by Gasteiger charge is -2.28. The van der Waals surface area contributed by atoms with Crippen LogP contribution in [0.1, 0.15) is 37.5 Å². The first-order chi connectivity index (χ1) is 7.88. The molecule has 1 N–H and O–H groups in total. The van der Waals surface area contributed by atoms with E-state index in [2.05, 4.69) is 17.2 Å². The molecule has 16 heavy (non-hydrogen) atoms. The topological polar surface area (TPSA) is 34.1 Å². The van der Waals surface area contributed by atoms with Crippen molar-refractivity contribution in [2.75, 3.05) is 6.54 Å². The fourth-order valence-corrected chi connectivity index (χ4v) is 2.75. The molecule has 0 bridgehead atoms. The van der Waals surface area contributed by atoms with Crippen LogP contribution in [0.15, 0.2) is 11.7 Å². The average molecular weight is 240 g/mol. The Morgan fingerprint density at radius 3 is 2.88 bits per heavy atom. The molecule has 0 saturated heterocycles. The highest BCUT2D eigenvalue weighted by Gasteiger charge is 2.20. The van der Waals surface area contributed by atoms with E-state index < -0.39 is 0 Å². The summed E-state index contributed by atoms with van der Waals surface area (Å²) in [6.07, 6.45) is 7.24. The summed E-state index contributed by atoms with van der Waals surface area (Å²) in [5.74, 6) is 0. The molecule has 0 aliphatic heterocycles. The van der Waals surface area contributed by atoms with Gasteiger partial charge in [-0.3, -0.25) is 4.98 Å². The van der Waals surface area contributed by atoms with Crippen molar-refractivity contribution in [1.82, 2.24) is 10.3 Å². The molecule has 0 radical (unpaired) electrons. The van der Waals surface area contributed by atoms with Gasteiger partial charge in [0, 0.05) is 12.2 Å². The van der Waals surface area contributed by atoms with E-state index in [4.69, 9.17) is 4.74 Å². The van der Waals surface area contributed by atoms with E-state index in [1.165, 1.54) is 30.6 Å². The lowest BCUT2D eigenvalue weighted by Crippen LogP contribution is -2.35. The van der Waals surface area contributed by atoms with Crippen LogP contribution in [0.2, 0.25) is 0 Å². The third kappa shape index (κ3) is 3.54. The van der Waals surface area contributed by atoms with Crippen LogP contribution in [0.25, 0.3) is 0 Å². The number of ether oxygens (including phenoxy) is 1. The molecule has 0 spiro atoms. The fraction of sp³-hybridized carbons (Fsp3) is 0.750. The summed E-state index contributed by atoms with van der Waals surface area (Å²) in [7, 11) is 0. The Morgan fingerprint density at radius 2 is 2.25 bits per heavy atom. The third-order valence-corrected chi connectivity index (χ3v) is 3.86. The lowest BCUT2D eigenvalue weighted by molar-refractivity contribution is 0.0127. The first-order valence-electron chi connectivity index (χ1n) is 6.11. The second-order valence-electron chi connectivity index (χ2n) is 4.31. The Kier molecular flexibility index (Phi) is 4.75. The lowest BCUT2D eigenvalue weighted by atomic mass is 9.93. The quantitative estimate of drug-likeness (QED) is 0.859. The molecule has 1 fully saturated rings. The Bertz CT molecular complexity index is 281. The predicted molar refractivity (Wildman–Crippen MR) is 66.6 cm³/mol. The fourth-order valence-electron chi connectivity index (χ4n) is 2.24. The van der Waals surface area contributed by atoms with Gasteiger partial charge in [0.1, 0.15) is 0 Å². The van der Waals surface area contributed by atoms with Crippen LogP contribution >= 0.6 is 11.3 Å². The normalized spacial score (nSPS) is 25.8. The van der Waals surface area contributed by atoms with Crippen LogP contribution in [0, 0.1) is 0 Å².